The van der Waals surface area contributed by atoms with Gasteiger partial charge in [-0.05, 0) is 48.5 Å². The zero-order chi connectivity index (χ0) is 24.6. The predicted molar refractivity (Wildman–Crippen MR) is 136 cm³/mol. The molecule has 0 aliphatic heterocycles. The first-order chi connectivity index (χ1) is 15.6. The second-order valence-corrected chi connectivity index (χ2v) is 9.10. The molecule has 9 nitrogen and oxygen atoms in total. The van der Waals surface area contributed by atoms with Crippen molar-refractivity contribution < 1.29 is 9.59 Å². The van der Waals surface area contributed by atoms with Gasteiger partial charge in [-0.25, -0.2) is 9.97 Å². The zero-order valence-corrected chi connectivity index (χ0v) is 21.4. The summed E-state index contributed by atoms with van der Waals surface area (Å²) in [7, 11) is 0. The average Bonchev–Trinajstić information content (AvgIpc) is 3.38. The maximum absolute atomic E-state index is 12.6. The number of carbonyl (C=O) groups is 2. The number of rotatable bonds is 12. The Balaban J connectivity index is 0.00000578. The monoisotopic (exact) mass is 475 g/mol. The minimum Gasteiger partial charge on any atom is -0.342 e. The van der Waals surface area contributed by atoms with E-state index >= 15 is 0 Å². The zero-order valence-electron chi connectivity index (χ0n) is 21.4. The van der Waals surface area contributed by atoms with Gasteiger partial charge in [-0.15, -0.1) is 0 Å². The van der Waals surface area contributed by atoms with Crippen LogP contribution < -0.4 is 0 Å². The lowest BCUT2D eigenvalue weighted by atomic mass is 10.1. The SMILES string of the molecule is C.CCN(CC)C(=O)Cn1ccnc1CN(Cc1nccn1CC(=O)N(CC)CC)C(C)(C)C. The normalized spacial score (nSPS) is 11.4. The molecule has 0 spiro atoms. The Labute approximate surface area is 205 Å². The first kappa shape index (κ1) is 29.4. The summed E-state index contributed by atoms with van der Waals surface area (Å²) in [5, 5.41) is 0. The fourth-order valence-corrected chi connectivity index (χ4v) is 3.79. The number of carbonyl (C=O) groups excluding carboxylic acids is 2. The summed E-state index contributed by atoms with van der Waals surface area (Å²) in [4.78, 5) is 40.3. The molecule has 2 heterocycles. The fourth-order valence-electron chi connectivity index (χ4n) is 3.79. The maximum Gasteiger partial charge on any atom is 0.242 e. The standard InChI is InChI=1S/C24H41N7O2.CH4/c1-8-27(9-2)22(32)18-29-14-12-25-20(29)16-31(24(5,6)7)17-21-26-13-15-30(21)19-23(33)28(10-3)11-4;/h12-15H,8-11,16-19H2,1-7H3;1H4. The van der Waals surface area contributed by atoms with E-state index in [4.69, 9.17) is 0 Å². The lowest BCUT2D eigenvalue weighted by Crippen LogP contribution is -2.42. The third-order valence-electron chi connectivity index (χ3n) is 6.06. The minimum atomic E-state index is -0.167. The molecule has 0 saturated heterocycles. The van der Waals surface area contributed by atoms with E-state index in [1.807, 2.05) is 59.0 Å². The molecule has 2 aromatic heterocycles. The van der Waals surface area contributed by atoms with Crippen LogP contribution in [0.3, 0.4) is 0 Å². The van der Waals surface area contributed by atoms with Gasteiger partial charge in [-0.2, -0.15) is 0 Å². The quantitative estimate of drug-likeness (QED) is 0.471. The number of likely N-dealkylation sites (N-methyl/N-ethyl adjacent to an activating group) is 2. The molecule has 192 valence electrons. The van der Waals surface area contributed by atoms with Crippen LogP contribution in [-0.4, -0.2) is 77.3 Å². The molecule has 2 aromatic rings. The highest BCUT2D eigenvalue weighted by molar-refractivity contribution is 5.76. The van der Waals surface area contributed by atoms with Crippen molar-refractivity contribution in [2.45, 2.75) is 87.6 Å². The molecule has 2 amide bonds. The Morgan fingerprint density at radius 3 is 1.41 bits per heavy atom. The Morgan fingerprint density at radius 2 is 1.12 bits per heavy atom. The van der Waals surface area contributed by atoms with Crippen molar-refractivity contribution in [3.63, 3.8) is 0 Å². The molecule has 0 aliphatic carbocycles. The van der Waals surface area contributed by atoms with Crippen molar-refractivity contribution in [3.8, 4) is 0 Å². The molecule has 0 bridgehead atoms. The third kappa shape index (κ3) is 7.68. The van der Waals surface area contributed by atoms with Gasteiger partial charge >= 0.3 is 0 Å². The molecule has 9 heteroatoms. The van der Waals surface area contributed by atoms with Gasteiger partial charge < -0.3 is 18.9 Å². The van der Waals surface area contributed by atoms with Crippen LogP contribution in [0, 0.1) is 0 Å². The van der Waals surface area contributed by atoms with E-state index in [0.717, 1.165) is 11.6 Å². The molecule has 0 N–H and O–H groups in total. The second kappa shape index (κ2) is 13.3. The number of aromatic nitrogens is 4. The molecule has 2 rings (SSSR count). The fraction of sp³-hybridized carbons (Fsp3) is 0.680. The highest BCUT2D eigenvalue weighted by Crippen LogP contribution is 2.20. The van der Waals surface area contributed by atoms with E-state index in [1.165, 1.54) is 0 Å². The Bertz CT molecular complexity index is 823. The van der Waals surface area contributed by atoms with Crippen LogP contribution in [0.4, 0.5) is 0 Å². The van der Waals surface area contributed by atoms with Crippen LogP contribution in [-0.2, 0) is 35.8 Å². The van der Waals surface area contributed by atoms with Gasteiger partial charge in [0.25, 0.3) is 0 Å². The minimum absolute atomic E-state index is 0. The first-order valence-electron chi connectivity index (χ1n) is 11.9. The van der Waals surface area contributed by atoms with E-state index < -0.39 is 0 Å². The van der Waals surface area contributed by atoms with E-state index in [-0.39, 0.29) is 37.9 Å². The first-order valence-corrected chi connectivity index (χ1v) is 11.9. The number of hydrogen-bond acceptors (Lipinski definition) is 5. The molecular weight excluding hydrogens is 430 g/mol. The summed E-state index contributed by atoms with van der Waals surface area (Å²) in [6, 6.07) is 0. The van der Waals surface area contributed by atoms with Crippen molar-refractivity contribution in [3.05, 3.63) is 36.4 Å². The van der Waals surface area contributed by atoms with Gasteiger partial charge in [0.2, 0.25) is 11.8 Å². The summed E-state index contributed by atoms with van der Waals surface area (Å²) in [6.07, 6.45) is 7.22. The molecule has 0 fully saturated rings. The second-order valence-electron chi connectivity index (χ2n) is 9.10. The summed E-state index contributed by atoms with van der Waals surface area (Å²) in [5.41, 5.74) is -0.167. The van der Waals surface area contributed by atoms with Crippen molar-refractivity contribution in [1.29, 1.82) is 0 Å². The number of nitrogens with zero attached hydrogens (tertiary/aromatic N) is 7. The van der Waals surface area contributed by atoms with Crippen molar-refractivity contribution in [2.24, 2.45) is 0 Å². The van der Waals surface area contributed by atoms with Gasteiger partial charge in [-0.3, -0.25) is 14.5 Å². The van der Waals surface area contributed by atoms with E-state index in [1.54, 1.807) is 12.4 Å². The van der Waals surface area contributed by atoms with Gasteiger partial charge in [0.05, 0.1) is 13.1 Å². The van der Waals surface area contributed by atoms with Gasteiger partial charge in [0.15, 0.2) is 0 Å². The lowest BCUT2D eigenvalue weighted by molar-refractivity contribution is -0.132. The number of hydrogen-bond donors (Lipinski definition) is 0. The Hall–Kier alpha value is -2.68. The Morgan fingerprint density at radius 1 is 0.765 bits per heavy atom. The van der Waals surface area contributed by atoms with E-state index in [0.29, 0.717) is 39.3 Å². The van der Waals surface area contributed by atoms with E-state index in [9.17, 15) is 9.59 Å². The van der Waals surface area contributed by atoms with Crippen LogP contribution >= 0.6 is 0 Å². The van der Waals surface area contributed by atoms with Crippen LogP contribution in [0.25, 0.3) is 0 Å². The summed E-state index contributed by atoms with van der Waals surface area (Å²) in [6.45, 7) is 18.9. The van der Waals surface area contributed by atoms with Crippen LogP contribution in [0.2, 0.25) is 0 Å². The molecule has 0 aromatic carbocycles. The Kier molecular flexibility index (Phi) is 11.5. The van der Waals surface area contributed by atoms with Crippen molar-refractivity contribution >= 4 is 11.8 Å². The molecule has 0 saturated carbocycles. The molecule has 0 aliphatic rings. The van der Waals surface area contributed by atoms with Crippen molar-refractivity contribution in [1.82, 2.24) is 33.8 Å². The molecule has 0 radical (unpaired) electrons. The van der Waals surface area contributed by atoms with Crippen LogP contribution in [0.15, 0.2) is 24.8 Å². The van der Waals surface area contributed by atoms with Gasteiger partial charge in [0.1, 0.15) is 24.7 Å². The van der Waals surface area contributed by atoms with Crippen LogP contribution in [0.5, 0.6) is 0 Å². The highest BCUT2D eigenvalue weighted by atomic mass is 16.2. The predicted octanol–water partition coefficient (Wildman–Crippen LogP) is 3.25. The molecular formula is C25H45N7O2. The summed E-state index contributed by atoms with van der Waals surface area (Å²) >= 11 is 0. The maximum atomic E-state index is 12.6. The highest BCUT2D eigenvalue weighted by Gasteiger charge is 2.26. The third-order valence-corrected chi connectivity index (χ3v) is 6.06. The molecule has 0 atom stereocenters. The number of amides is 2. The summed E-state index contributed by atoms with van der Waals surface area (Å²) < 4.78 is 3.85. The van der Waals surface area contributed by atoms with Gasteiger partial charge in [0, 0.05) is 56.5 Å². The smallest absolute Gasteiger partial charge is 0.242 e. The van der Waals surface area contributed by atoms with Gasteiger partial charge in [-0.1, -0.05) is 7.43 Å². The lowest BCUT2D eigenvalue weighted by Gasteiger charge is -2.35. The van der Waals surface area contributed by atoms with Crippen LogP contribution in [0.1, 0.15) is 67.5 Å². The molecule has 0 unspecified atom stereocenters. The van der Waals surface area contributed by atoms with E-state index in [2.05, 4.69) is 35.6 Å². The topological polar surface area (TPSA) is 79.5 Å². The summed E-state index contributed by atoms with van der Waals surface area (Å²) in [5.74, 6) is 1.85. The van der Waals surface area contributed by atoms with Crippen molar-refractivity contribution in [2.75, 3.05) is 26.2 Å². The molecule has 34 heavy (non-hydrogen) atoms. The average molecular weight is 476 g/mol. The number of imidazole rings is 2. The largest absolute Gasteiger partial charge is 0.342 e.